The van der Waals surface area contributed by atoms with Crippen LogP contribution in [0.4, 0.5) is 0 Å². The van der Waals surface area contributed by atoms with E-state index < -0.39 is 0 Å². The first-order chi connectivity index (χ1) is 11.2. The van der Waals surface area contributed by atoms with Gasteiger partial charge in [0.25, 0.3) is 0 Å². The van der Waals surface area contributed by atoms with E-state index in [0.717, 1.165) is 27.8 Å². The summed E-state index contributed by atoms with van der Waals surface area (Å²) in [5, 5.41) is 0.601. The molecule has 1 aromatic heterocycles. The first kappa shape index (κ1) is 13.9. The molecular formula is C19H13ClN2O. The zero-order valence-corrected chi connectivity index (χ0v) is 12.9. The molecule has 0 saturated heterocycles. The van der Waals surface area contributed by atoms with Crippen LogP contribution in [0.5, 0.6) is 0 Å². The molecule has 0 aliphatic rings. The Kier molecular flexibility index (Phi) is 3.28. The molecule has 0 aliphatic heterocycles. The van der Waals surface area contributed by atoms with Crippen molar-refractivity contribution in [2.24, 2.45) is 0 Å². The number of nitrogens with one attached hydrogen (secondary N) is 1. The van der Waals surface area contributed by atoms with E-state index in [9.17, 15) is 4.79 Å². The van der Waals surface area contributed by atoms with Gasteiger partial charge in [-0.2, -0.15) is 0 Å². The highest BCUT2D eigenvalue weighted by Crippen LogP contribution is 2.24. The van der Waals surface area contributed by atoms with E-state index in [2.05, 4.69) is 4.98 Å². The second-order valence-electron chi connectivity index (χ2n) is 5.34. The number of aromatic amines is 1. The normalized spacial score (nSPS) is 11.0. The first-order valence-corrected chi connectivity index (χ1v) is 7.66. The van der Waals surface area contributed by atoms with Crippen LogP contribution in [0, 0.1) is 0 Å². The summed E-state index contributed by atoms with van der Waals surface area (Å²) in [4.78, 5) is 15.2. The molecule has 3 aromatic carbocycles. The van der Waals surface area contributed by atoms with Crippen LogP contribution >= 0.6 is 11.6 Å². The van der Waals surface area contributed by atoms with E-state index in [1.165, 1.54) is 0 Å². The third-order valence-corrected chi connectivity index (χ3v) is 4.09. The summed E-state index contributed by atoms with van der Waals surface area (Å²) in [5.41, 5.74) is 4.35. The molecule has 0 amide bonds. The Morgan fingerprint density at radius 1 is 0.826 bits per heavy atom. The van der Waals surface area contributed by atoms with Gasteiger partial charge in [0, 0.05) is 5.02 Å². The van der Waals surface area contributed by atoms with Gasteiger partial charge < -0.3 is 4.98 Å². The van der Waals surface area contributed by atoms with Crippen LogP contribution in [0.1, 0.15) is 0 Å². The van der Waals surface area contributed by atoms with Crippen LogP contribution in [0.25, 0.3) is 27.8 Å². The molecule has 1 heterocycles. The molecular weight excluding hydrogens is 308 g/mol. The van der Waals surface area contributed by atoms with Crippen LogP contribution < -0.4 is 5.69 Å². The van der Waals surface area contributed by atoms with Gasteiger partial charge in [-0.25, -0.2) is 4.79 Å². The number of nitrogens with zero attached hydrogens (tertiary/aromatic N) is 1. The maximum Gasteiger partial charge on any atom is 0.331 e. The summed E-state index contributed by atoms with van der Waals surface area (Å²) in [6.45, 7) is 0. The summed E-state index contributed by atoms with van der Waals surface area (Å²) in [5.74, 6) is 0. The summed E-state index contributed by atoms with van der Waals surface area (Å²) >= 11 is 6.09. The zero-order chi connectivity index (χ0) is 15.8. The quantitative estimate of drug-likeness (QED) is 0.574. The predicted octanol–water partition coefficient (Wildman–Crippen LogP) is 4.64. The van der Waals surface area contributed by atoms with Crippen LogP contribution in [-0.4, -0.2) is 9.55 Å². The average Bonchev–Trinajstić information content (AvgIpc) is 2.91. The molecule has 0 atom stereocenters. The number of rotatable bonds is 2. The molecule has 112 valence electrons. The van der Waals surface area contributed by atoms with E-state index >= 15 is 0 Å². The number of fused-ring (bicyclic) bond motifs is 1. The van der Waals surface area contributed by atoms with Crippen molar-refractivity contribution in [2.45, 2.75) is 0 Å². The maximum atomic E-state index is 12.4. The lowest BCUT2D eigenvalue weighted by Gasteiger charge is -2.07. The van der Waals surface area contributed by atoms with Crippen molar-refractivity contribution >= 4 is 22.6 Å². The average molecular weight is 321 g/mol. The maximum absolute atomic E-state index is 12.4. The highest BCUT2D eigenvalue weighted by Gasteiger charge is 2.10. The molecule has 0 saturated carbocycles. The van der Waals surface area contributed by atoms with Crippen molar-refractivity contribution in [1.29, 1.82) is 0 Å². The van der Waals surface area contributed by atoms with Crippen LogP contribution in [0.2, 0.25) is 5.02 Å². The van der Waals surface area contributed by atoms with Gasteiger partial charge in [-0.1, -0.05) is 54.1 Å². The fourth-order valence-electron chi connectivity index (χ4n) is 2.79. The molecule has 0 aliphatic carbocycles. The first-order valence-electron chi connectivity index (χ1n) is 7.28. The van der Waals surface area contributed by atoms with Gasteiger partial charge >= 0.3 is 5.69 Å². The van der Waals surface area contributed by atoms with Gasteiger partial charge in [-0.05, 0) is 41.5 Å². The molecule has 4 heteroatoms. The van der Waals surface area contributed by atoms with Gasteiger partial charge in [0.1, 0.15) is 0 Å². The Labute approximate surface area is 137 Å². The Morgan fingerprint density at radius 3 is 2.43 bits per heavy atom. The van der Waals surface area contributed by atoms with Gasteiger partial charge in [-0.3, -0.25) is 4.57 Å². The van der Waals surface area contributed by atoms with E-state index in [-0.39, 0.29) is 5.69 Å². The number of imidazole rings is 1. The second kappa shape index (κ2) is 5.45. The standard InChI is InChI=1S/C19H13ClN2O/c20-15-9-10-17-18(12-15)22(19(23)21-17)16-8-4-7-14(11-16)13-5-2-1-3-6-13/h1-12H,(H,21,23). The number of benzene rings is 3. The van der Waals surface area contributed by atoms with Gasteiger partial charge in [0.05, 0.1) is 16.7 Å². The van der Waals surface area contributed by atoms with E-state index in [1.807, 2.05) is 60.7 Å². The number of hydrogen-bond donors (Lipinski definition) is 1. The lowest BCUT2D eigenvalue weighted by atomic mass is 10.1. The van der Waals surface area contributed by atoms with E-state index in [4.69, 9.17) is 11.6 Å². The minimum atomic E-state index is -0.174. The Morgan fingerprint density at radius 2 is 1.61 bits per heavy atom. The molecule has 4 rings (SSSR count). The van der Waals surface area contributed by atoms with Crippen molar-refractivity contribution in [2.75, 3.05) is 0 Å². The molecule has 0 unspecified atom stereocenters. The third kappa shape index (κ3) is 2.45. The second-order valence-corrected chi connectivity index (χ2v) is 5.78. The summed E-state index contributed by atoms with van der Waals surface area (Å²) < 4.78 is 1.65. The predicted molar refractivity (Wildman–Crippen MR) is 94.3 cm³/mol. The van der Waals surface area contributed by atoms with E-state index in [1.54, 1.807) is 16.7 Å². The van der Waals surface area contributed by atoms with Crippen molar-refractivity contribution in [3.63, 3.8) is 0 Å². The molecule has 23 heavy (non-hydrogen) atoms. The molecule has 3 nitrogen and oxygen atoms in total. The number of aromatic nitrogens is 2. The van der Waals surface area contributed by atoms with Gasteiger partial charge in [0.15, 0.2) is 0 Å². The minimum absolute atomic E-state index is 0.174. The van der Waals surface area contributed by atoms with Crippen molar-refractivity contribution in [1.82, 2.24) is 9.55 Å². The van der Waals surface area contributed by atoms with Crippen molar-refractivity contribution in [3.8, 4) is 16.8 Å². The number of hydrogen-bond acceptors (Lipinski definition) is 1. The topological polar surface area (TPSA) is 37.8 Å². The zero-order valence-electron chi connectivity index (χ0n) is 12.2. The summed E-state index contributed by atoms with van der Waals surface area (Å²) in [6.07, 6.45) is 0. The Balaban J connectivity index is 1.94. The minimum Gasteiger partial charge on any atom is -0.305 e. The van der Waals surface area contributed by atoms with Gasteiger partial charge in [-0.15, -0.1) is 0 Å². The lowest BCUT2D eigenvalue weighted by molar-refractivity contribution is 1.02. The van der Waals surface area contributed by atoms with Crippen LogP contribution in [0.15, 0.2) is 77.6 Å². The molecule has 1 N–H and O–H groups in total. The number of H-pyrrole nitrogens is 1. The highest BCUT2D eigenvalue weighted by atomic mass is 35.5. The SMILES string of the molecule is O=c1[nH]c2ccc(Cl)cc2n1-c1cccc(-c2ccccc2)c1. The van der Waals surface area contributed by atoms with E-state index in [0.29, 0.717) is 5.02 Å². The smallest absolute Gasteiger partial charge is 0.305 e. The Hall–Kier alpha value is -2.78. The van der Waals surface area contributed by atoms with Crippen LogP contribution in [0.3, 0.4) is 0 Å². The molecule has 0 spiro atoms. The molecule has 0 radical (unpaired) electrons. The molecule has 0 fully saturated rings. The highest BCUT2D eigenvalue weighted by molar-refractivity contribution is 6.31. The van der Waals surface area contributed by atoms with Crippen LogP contribution in [-0.2, 0) is 0 Å². The third-order valence-electron chi connectivity index (χ3n) is 3.86. The lowest BCUT2D eigenvalue weighted by Crippen LogP contribution is -2.14. The monoisotopic (exact) mass is 320 g/mol. The van der Waals surface area contributed by atoms with Crippen molar-refractivity contribution in [3.05, 3.63) is 88.3 Å². The molecule has 0 bridgehead atoms. The fourth-order valence-corrected chi connectivity index (χ4v) is 2.95. The van der Waals surface area contributed by atoms with Gasteiger partial charge in [0.2, 0.25) is 0 Å². The number of halogens is 1. The largest absolute Gasteiger partial charge is 0.331 e. The van der Waals surface area contributed by atoms with Crippen molar-refractivity contribution < 1.29 is 0 Å². The fraction of sp³-hybridized carbons (Fsp3) is 0. The summed E-state index contributed by atoms with van der Waals surface area (Å²) in [6, 6.07) is 23.4. The summed E-state index contributed by atoms with van der Waals surface area (Å²) in [7, 11) is 0. The molecule has 4 aromatic rings. The Bertz CT molecular complexity index is 1050.